The molecule has 3 heteroatoms. The highest BCUT2D eigenvalue weighted by Crippen LogP contribution is 2.29. The molecule has 0 aromatic carbocycles. The molecule has 1 amide bonds. The van der Waals surface area contributed by atoms with Crippen molar-refractivity contribution in [3.05, 3.63) is 0 Å². The SMILES string of the molecule is O=C1N[C@@H]2C[C@H]1N(CC1CCCCC1)C2. The van der Waals surface area contributed by atoms with Crippen LogP contribution >= 0.6 is 0 Å². The van der Waals surface area contributed by atoms with Gasteiger partial charge in [-0.3, -0.25) is 9.69 Å². The van der Waals surface area contributed by atoms with Crippen LogP contribution in [0.15, 0.2) is 0 Å². The monoisotopic (exact) mass is 208 g/mol. The molecule has 3 fully saturated rings. The second-order valence-electron chi connectivity index (χ2n) is 5.41. The van der Waals surface area contributed by atoms with Gasteiger partial charge in [0.25, 0.3) is 0 Å². The molecule has 3 rings (SSSR count). The minimum Gasteiger partial charge on any atom is -0.351 e. The molecule has 3 aliphatic rings. The largest absolute Gasteiger partial charge is 0.351 e. The number of nitrogens with zero attached hydrogens (tertiary/aromatic N) is 1. The zero-order chi connectivity index (χ0) is 10.3. The molecule has 0 aromatic rings. The van der Waals surface area contributed by atoms with Crippen molar-refractivity contribution < 1.29 is 4.79 Å². The van der Waals surface area contributed by atoms with Crippen LogP contribution < -0.4 is 5.32 Å². The quantitative estimate of drug-likeness (QED) is 0.738. The summed E-state index contributed by atoms with van der Waals surface area (Å²) in [6.07, 6.45) is 8.05. The van der Waals surface area contributed by atoms with E-state index in [1.165, 1.54) is 38.6 Å². The Kier molecular flexibility index (Phi) is 2.43. The lowest BCUT2D eigenvalue weighted by Gasteiger charge is -2.31. The average molecular weight is 208 g/mol. The van der Waals surface area contributed by atoms with E-state index in [-0.39, 0.29) is 11.9 Å². The minimum atomic E-state index is 0.219. The van der Waals surface area contributed by atoms with Crippen LogP contribution in [-0.4, -0.2) is 36.0 Å². The second kappa shape index (κ2) is 3.78. The summed E-state index contributed by atoms with van der Waals surface area (Å²) >= 11 is 0. The fraction of sp³-hybridized carbons (Fsp3) is 0.917. The molecule has 0 unspecified atom stereocenters. The first-order valence-corrected chi connectivity index (χ1v) is 6.37. The van der Waals surface area contributed by atoms with E-state index in [9.17, 15) is 4.79 Å². The van der Waals surface area contributed by atoms with Crippen molar-refractivity contribution in [1.82, 2.24) is 10.2 Å². The van der Waals surface area contributed by atoms with Crippen molar-refractivity contribution in [1.29, 1.82) is 0 Å². The van der Waals surface area contributed by atoms with Gasteiger partial charge in [-0.15, -0.1) is 0 Å². The summed E-state index contributed by atoms with van der Waals surface area (Å²) in [6, 6.07) is 0.683. The number of hydrogen-bond acceptors (Lipinski definition) is 2. The topological polar surface area (TPSA) is 32.3 Å². The molecule has 2 aliphatic heterocycles. The zero-order valence-electron chi connectivity index (χ0n) is 9.24. The van der Waals surface area contributed by atoms with Crippen LogP contribution in [0.25, 0.3) is 0 Å². The fourth-order valence-electron chi connectivity index (χ4n) is 3.48. The molecule has 2 bridgehead atoms. The van der Waals surface area contributed by atoms with Crippen LogP contribution in [-0.2, 0) is 4.79 Å². The number of fused-ring (bicyclic) bond motifs is 2. The Bertz CT molecular complexity index is 260. The van der Waals surface area contributed by atoms with Gasteiger partial charge in [0.1, 0.15) is 0 Å². The molecule has 2 atom stereocenters. The number of carbonyl (C=O) groups excluding carboxylic acids is 1. The summed E-state index contributed by atoms with van der Waals surface area (Å²) in [5.41, 5.74) is 0. The number of rotatable bonds is 2. The molecule has 15 heavy (non-hydrogen) atoms. The molecule has 2 heterocycles. The minimum absolute atomic E-state index is 0.219. The molecule has 2 saturated heterocycles. The summed E-state index contributed by atoms with van der Waals surface area (Å²) in [4.78, 5) is 14.0. The number of piperazine rings is 1. The summed E-state index contributed by atoms with van der Waals surface area (Å²) in [5.74, 6) is 1.15. The highest BCUT2D eigenvalue weighted by molar-refractivity contribution is 5.85. The van der Waals surface area contributed by atoms with E-state index in [4.69, 9.17) is 0 Å². The number of amides is 1. The van der Waals surface area contributed by atoms with Gasteiger partial charge in [-0.05, 0) is 25.2 Å². The Morgan fingerprint density at radius 2 is 2.07 bits per heavy atom. The zero-order valence-corrected chi connectivity index (χ0v) is 9.24. The first kappa shape index (κ1) is 9.64. The van der Waals surface area contributed by atoms with Gasteiger partial charge in [0.2, 0.25) is 5.91 Å². The molecular weight excluding hydrogens is 188 g/mol. The molecule has 84 valence electrons. The highest BCUT2D eigenvalue weighted by Gasteiger charge is 2.44. The van der Waals surface area contributed by atoms with Gasteiger partial charge in [-0.1, -0.05) is 19.3 Å². The maximum absolute atomic E-state index is 11.5. The molecule has 3 nitrogen and oxygen atoms in total. The Balaban J connectivity index is 1.57. The van der Waals surface area contributed by atoms with E-state index < -0.39 is 0 Å². The molecule has 1 N–H and O–H groups in total. The van der Waals surface area contributed by atoms with E-state index in [0.29, 0.717) is 6.04 Å². The van der Waals surface area contributed by atoms with Crippen LogP contribution in [0.5, 0.6) is 0 Å². The van der Waals surface area contributed by atoms with Crippen molar-refractivity contribution >= 4 is 5.91 Å². The Morgan fingerprint density at radius 3 is 2.73 bits per heavy atom. The van der Waals surface area contributed by atoms with Gasteiger partial charge in [0.15, 0.2) is 0 Å². The van der Waals surface area contributed by atoms with Crippen LogP contribution in [0.2, 0.25) is 0 Å². The second-order valence-corrected chi connectivity index (χ2v) is 5.41. The van der Waals surface area contributed by atoms with Crippen molar-refractivity contribution in [3.63, 3.8) is 0 Å². The van der Waals surface area contributed by atoms with Crippen LogP contribution in [0, 0.1) is 5.92 Å². The highest BCUT2D eigenvalue weighted by atomic mass is 16.2. The predicted molar refractivity (Wildman–Crippen MR) is 58.5 cm³/mol. The lowest BCUT2D eigenvalue weighted by Crippen LogP contribution is -2.49. The van der Waals surface area contributed by atoms with Crippen LogP contribution in [0.4, 0.5) is 0 Å². The molecular formula is C12H20N2O. The standard InChI is InChI=1S/C12H20N2O/c15-12-11-6-10(13-12)8-14(11)7-9-4-2-1-3-5-9/h9-11H,1-8H2,(H,13,15)/t10-,11-/m1/s1. The lowest BCUT2D eigenvalue weighted by molar-refractivity contribution is -0.125. The Hall–Kier alpha value is -0.570. The molecule has 0 radical (unpaired) electrons. The van der Waals surface area contributed by atoms with Crippen molar-refractivity contribution in [2.45, 2.75) is 50.6 Å². The third kappa shape index (κ3) is 1.78. The van der Waals surface area contributed by atoms with Crippen LogP contribution in [0.1, 0.15) is 38.5 Å². The summed E-state index contributed by atoms with van der Waals surface area (Å²) < 4.78 is 0. The Labute approximate surface area is 91.2 Å². The molecule has 1 saturated carbocycles. The van der Waals surface area contributed by atoms with E-state index in [1.807, 2.05) is 0 Å². The van der Waals surface area contributed by atoms with E-state index >= 15 is 0 Å². The van der Waals surface area contributed by atoms with E-state index in [2.05, 4.69) is 10.2 Å². The van der Waals surface area contributed by atoms with Gasteiger partial charge in [-0.2, -0.15) is 0 Å². The fourth-order valence-corrected chi connectivity index (χ4v) is 3.48. The van der Waals surface area contributed by atoms with E-state index in [1.54, 1.807) is 0 Å². The normalized spacial score (nSPS) is 37.2. The number of hydrogen-bond donors (Lipinski definition) is 1. The third-order valence-electron chi connectivity index (χ3n) is 4.27. The number of carbonyl (C=O) groups is 1. The van der Waals surface area contributed by atoms with Gasteiger partial charge in [-0.25, -0.2) is 0 Å². The molecule has 0 aromatic heterocycles. The lowest BCUT2D eigenvalue weighted by atomic mass is 9.89. The summed E-state index contributed by atoms with van der Waals surface area (Å²) in [7, 11) is 0. The van der Waals surface area contributed by atoms with Gasteiger partial charge >= 0.3 is 0 Å². The number of likely N-dealkylation sites (tertiary alicyclic amines) is 1. The average Bonchev–Trinajstić information content (AvgIpc) is 2.77. The van der Waals surface area contributed by atoms with Crippen molar-refractivity contribution in [3.8, 4) is 0 Å². The number of nitrogens with one attached hydrogen (secondary N) is 1. The summed E-state index contributed by atoms with van der Waals surface area (Å²) in [6.45, 7) is 2.28. The van der Waals surface area contributed by atoms with Crippen LogP contribution in [0.3, 0.4) is 0 Å². The van der Waals surface area contributed by atoms with Crippen molar-refractivity contribution in [2.75, 3.05) is 13.1 Å². The predicted octanol–water partition coefficient (Wildman–Crippen LogP) is 1.14. The smallest absolute Gasteiger partial charge is 0.237 e. The maximum atomic E-state index is 11.5. The maximum Gasteiger partial charge on any atom is 0.237 e. The van der Waals surface area contributed by atoms with Gasteiger partial charge < -0.3 is 5.32 Å². The molecule has 1 aliphatic carbocycles. The van der Waals surface area contributed by atoms with Gasteiger partial charge in [0, 0.05) is 19.1 Å². The van der Waals surface area contributed by atoms with Crippen molar-refractivity contribution in [2.24, 2.45) is 5.92 Å². The van der Waals surface area contributed by atoms with Gasteiger partial charge in [0.05, 0.1) is 6.04 Å². The molecule has 0 spiro atoms. The Morgan fingerprint density at radius 1 is 1.27 bits per heavy atom. The van der Waals surface area contributed by atoms with E-state index in [0.717, 1.165) is 18.9 Å². The third-order valence-corrected chi connectivity index (χ3v) is 4.27. The first-order chi connectivity index (χ1) is 7.33. The first-order valence-electron chi connectivity index (χ1n) is 6.37. The summed E-state index contributed by atoms with van der Waals surface area (Å²) in [5, 5.41) is 3.04.